The summed E-state index contributed by atoms with van der Waals surface area (Å²) >= 11 is 0. The molecule has 0 saturated heterocycles. The van der Waals surface area contributed by atoms with Crippen molar-refractivity contribution in [2.45, 2.75) is 20.8 Å². The van der Waals surface area contributed by atoms with Crippen LogP contribution >= 0.6 is 0 Å². The zero-order valence-electron chi connectivity index (χ0n) is 24.8. The Balaban J connectivity index is 1.32. The largest absolute Gasteiger partial charge is 0.490 e. The van der Waals surface area contributed by atoms with Crippen molar-refractivity contribution in [2.24, 2.45) is 5.10 Å². The van der Waals surface area contributed by atoms with E-state index in [-0.39, 0.29) is 11.7 Å². The van der Waals surface area contributed by atoms with Gasteiger partial charge in [0.15, 0.2) is 23.0 Å². The van der Waals surface area contributed by atoms with Crippen LogP contribution in [0.3, 0.4) is 0 Å². The fourth-order valence-corrected chi connectivity index (χ4v) is 4.73. The van der Waals surface area contributed by atoms with Gasteiger partial charge in [-0.1, -0.05) is 48.5 Å². The second-order valence-corrected chi connectivity index (χ2v) is 9.54. The third-order valence-electron chi connectivity index (χ3n) is 6.62. The van der Waals surface area contributed by atoms with Crippen LogP contribution in [0, 0.1) is 0 Å². The lowest BCUT2D eigenvalue weighted by atomic mass is 10.0. The average molecular weight is 592 g/mol. The van der Waals surface area contributed by atoms with E-state index in [2.05, 4.69) is 15.5 Å². The summed E-state index contributed by atoms with van der Waals surface area (Å²) in [5, 5.41) is 5.12. The van der Waals surface area contributed by atoms with Gasteiger partial charge >= 0.3 is 5.97 Å². The van der Waals surface area contributed by atoms with E-state index >= 15 is 0 Å². The van der Waals surface area contributed by atoms with E-state index in [0.717, 1.165) is 22.0 Å². The zero-order chi connectivity index (χ0) is 30.9. The van der Waals surface area contributed by atoms with Gasteiger partial charge in [0.2, 0.25) is 0 Å². The lowest BCUT2D eigenvalue weighted by Crippen LogP contribution is -2.18. The second-order valence-electron chi connectivity index (χ2n) is 9.54. The van der Waals surface area contributed by atoms with Crippen LogP contribution in [0.25, 0.3) is 22.0 Å². The van der Waals surface area contributed by atoms with Crippen molar-refractivity contribution in [3.63, 3.8) is 0 Å². The van der Waals surface area contributed by atoms with Crippen LogP contribution in [0.1, 0.15) is 47.2 Å². The van der Waals surface area contributed by atoms with Gasteiger partial charge < -0.3 is 23.9 Å². The number of para-hydroxylation sites is 1. The highest BCUT2D eigenvalue weighted by molar-refractivity contribution is 6.09. The van der Waals surface area contributed by atoms with Gasteiger partial charge in [0, 0.05) is 16.5 Å². The predicted octanol–water partition coefficient (Wildman–Crippen LogP) is 7.01. The molecule has 5 rings (SSSR count). The minimum Gasteiger partial charge on any atom is -0.490 e. The number of hydrogen-bond acceptors (Lipinski definition) is 7. The van der Waals surface area contributed by atoms with E-state index in [0.29, 0.717) is 53.9 Å². The Hall–Kier alpha value is -5.57. The van der Waals surface area contributed by atoms with Gasteiger partial charge in [0.1, 0.15) is 5.69 Å². The van der Waals surface area contributed by atoms with Gasteiger partial charge in [-0.2, -0.15) is 5.10 Å². The molecule has 0 aliphatic rings. The Kier molecular flexibility index (Phi) is 9.56. The van der Waals surface area contributed by atoms with E-state index in [1.54, 1.807) is 36.4 Å². The first-order valence-electron chi connectivity index (χ1n) is 14.4. The number of carbonyl (C=O) groups excluding carboxylic acids is 2. The maximum atomic E-state index is 13.2. The monoisotopic (exact) mass is 591 g/mol. The smallest absolute Gasteiger partial charge is 0.343 e. The third-order valence-corrected chi connectivity index (χ3v) is 6.62. The van der Waals surface area contributed by atoms with Crippen LogP contribution in [0.5, 0.6) is 23.0 Å². The predicted molar refractivity (Wildman–Crippen MR) is 170 cm³/mol. The Morgan fingerprint density at radius 3 is 2.16 bits per heavy atom. The lowest BCUT2D eigenvalue weighted by Gasteiger charge is -2.13. The van der Waals surface area contributed by atoms with Crippen LogP contribution < -0.4 is 24.4 Å². The van der Waals surface area contributed by atoms with Crippen molar-refractivity contribution in [1.29, 1.82) is 0 Å². The summed E-state index contributed by atoms with van der Waals surface area (Å²) in [6.45, 7) is 6.81. The summed E-state index contributed by atoms with van der Waals surface area (Å²) in [5.41, 5.74) is 6.55. The number of rotatable bonds is 12. The molecule has 0 aliphatic heterocycles. The highest BCUT2D eigenvalue weighted by Crippen LogP contribution is 2.33. The van der Waals surface area contributed by atoms with E-state index in [1.165, 1.54) is 6.21 Å². The lowest BCUT2D eigenvalue weighted by molar-refractivity contribution is 0.0727. The molecule has 0 bridgehead atoms. The summed E-state index contributed by atoms with van der Waals surface area (Å²) in [7, 11) is 0. The third kappa shape index (κ3) is 6.73. The number of fused-ring (bicyclic) bond motifs is 1. The van der Waals surface area contributed by atoms with Gasteiger partial charge in [0.05, 0.1) is 31.6 Å². The number of benzene rings is 4. The molecule has 224 valence electrons. The molecule has 0 atom stereocenters. The first-order valence-corrected chi connectivity index (χ1v) is 14.4. The number of ether oxygens (including phenoxy) is 4. The number of hydrogen-bond donors (Lipinski definition) is 2. The van der Waals surface area contributed by atoms with E-state index in [4.69, 9.17) is 18.9 Å². The van der Waals surface area contributed by atoms with Crippen molar-refractivity contribution < 1.29 is 28.5 Å². The number of carbonyl (C=O) groups is 2. The molecular formula is C35H33N3O6. The maximum absolute atomic E-state index is 13.2. The molecule has 0 spiro atoms. The molecule has 1 amide bonds. The quantitative estimate of drug-likeness (QED) is 0.0699. The number of nitrogens with one attached hydrogen (secondary N) is 2. The number of esters is 1. The Bertz CT molecular complexity index is 1800. The number of nitrogens with zero attached hydrogens (tertiary/aromatic N) is 1. The van der Waals surface area contributed by atoms with Crippen molar-refractivity contribution >= 4 is 29.0 Å². The summed E-state index contributed by atoms with van der Waals surface area (Å²) in [5.74, 6) is 0.664. The molecule has 5 aromatic rings. The fraction of sp³-hybridized carbons (Fsp3) is 0.171. The highest BCUT2D eigenvalue weighted by atomic mass is 16.6. The van der Waals surface area contributed by atoms with Crippen LogP contribution in [0.4, 0.5) is 0 Å². The summed E-state index contributed by atoms with van der Waals surface area (Å²) in [6, 6.07) is 27.4. The fourth-order valence-electron chi connectivity index (χ4n) is 4.73. The second kappa shape index (κ2) is 14.1. The molecule has 0 aliphatic carbocycles. The van der Waals surface area contributed by atoms with Crippen molar-refractivity contribution in [2.75, 3.05) is 19.8 Å². The minimum atomic E-state index is -0.573. The van der Waals surface area contributed by atoms with Gasteiger partial charge in [-0.05, 0) is 74.4 Å². The number of H-pyrrole nitrogens is 1. The normalized spacial score (nSPS) is 11.0. The Morgan fingerprint density at radius 2 is 1.41 bits per heavy atom. The molecule has 0 saturated carbocycles. The number of aromatic nitrogens is 1. The van der Waals surface area contributed by atoms with E-state index in [9.17, 15) is 9.59 Å². The zero-order valence-corrected chi connectivity index (χ0v) is 24.8. The van der Waals surface area contributed by atoms with Gasteiger partial charge in [0.25, 0.3) is 5.91 Å². The van der Waals surface area contributed by atoms with Crippen LogP contribution in [-0.2, 0) is 0 Å². The average Bonchev–Trinajstić information content (AvgIpc) is 3.44. The van der Waals surface area contributed by atoms with Crippen molar-refractivity contribution in [3.05, 3.63) is 108 Å². The van der Waals surface area contributed by atoms with E-state index < -0.39 is 5.97 Å². The van der Waals surface area contributed by atoms with Crippen molar-refractivity contribution in [3.8, 4) is 34.1 Å². The summed E-state index contributed by atoms with van der Waals surface area (Å²) in [6.07, 6.45) is 1.50. The molecule has 1 aromatic heterocycles. The number of hydrazone groups is 1. The summed E-state index contributed by atoms with van der Waals surface area (Å²) < 4.78 is 22.6. The topological polar surface area (TPSA) is 111 Å². The van der Waals surface area contributed by atoms with E-state index in [1.807, 2.05) is 75.4 Å². The molecule has 9 nitrogen and oxygen atoms in total. The SMILES string of the molecule is CCOc1ccc(C(=O)Oc2ccc(C=NNC(=O)c3[nH]c4ccccc4c3-c3ccccc3)cc2OCC)cc1OCC. The van der Waals surface area contributed by atoms with Crippen molar-refractivity contribution in [1.82, 2.24) is 10.4 Å². The molecule has 0 fully saturated rings. The molecule has 1 heterocycles. The molecule has 0 radical (unpaired) electrons. The molecule has 2 N–H and O–H groups in total. The molecular weight excluding hydrogens is 558 g/mol. The van der Waals surface area contributed by atoms with Gasteiger partial charge in [-0.15, -0.1) is 0 Å². The first kappa shape index (κ1) is 29.9. The highest BCUT2D eigenvalue weighted by Gasteiger charge is 2.19. The van der Waals surface area contributed by atoms with Gasteiger partial charge in [-0.3, -0.25) is 4.79 Å². The Labute approximate surface area is 255 Å². The molecule has 44 heavy (non-hydrogen) atoms. The van der Waals surface area contributed by atoms with Crippen LogP contribution in [0.15, 0.2) is 96.1 Å². The standard InChI is InChI=1S/C35H33N3O6/c1-4-41-28-19-17-25(21-31(28)43-6-3)35(40)44-29-18-16-23(20-30(29)42-5-2)22-36-38-34(39)33-32(24-12-8-7-9-13-24)26-14-10-11-15-27(26)37-33/h7-22,37H,4-6H2,1-3H3,(H,38,39). The minimum absolute atomic E-state index is 0.246. The first-order chi connectivity index (χ1) is 21.5. The molecule has 0 unspecified atom stereocenters. The molecule has 4 aromatic carbocycles. The number of amides is 1. The maximum Gasteiger partial charge on any atom is 0.343 e. The molecule has 9 heteroatoms. The summed E-state index contributed by atoms with van der Waals surface area (Å²) in [4.78, 5) is 29.5. The van der Waals surface area contributed by atoms with Crippen LogP contribution in [0.2, 0.25) is 0 Å². The van der Waals surface area contributed by atoms with Crippen LogP contribution in [-0.4, -0.2) is 42.9 Å². The van der Waals surface area contributed by atoms with Gasteiger partial charge in [-0.25, -0.2) is 10.2 Å². The number of aromatic amines is 1. The Morgan fingerprint density at radius 1 is 0.750 bits per heavy atom.